The molecule has 0 bridgehead atoms. The molecule has 0 aromatic heterocycles. The zero-order chi connectivity index (χ0) is 10.7. The van der Waals surface area contributed by atoms with Crippen LogP contribution in [-0.2, 0) is 0 Å². The number of rotatable bonds is 1. The Morgan fingerprint density at radius 1 is 1.27 bits per heavy atom. The van der Waals surface area contributed by atoms with Gasteiger partial charge in [-0.3, -0.25) is 4.90 Å². The third kappa shape index (κ3) is 2.60. The van der Waals surface area contributed by atoms with Crippen LogP contribution in [0.1, 0.15) is 38.5 Å². The lowest BCUT2D eigenvalue weighted by Gasteiger charge is -2.38. The van der Waals surface area contributed by atoms with Gasteiger partial charge < -0.3 is 0 Å². The Kier molecular flexibility index (Phi) is 3.43. The number of nitriles is 1. The summed E-state index contributed by atoms with van der Waals surface area (Å²) < 4.78 is 0. The molecule has 2 rings (SSSR count). The minimum absolute atomic E-state index is 0.328. The highest BCUT2D eigenvalue weighted by Gasteiger charge is 2.27. The molecule has 0 amide bonds. The molecule has 15 heavy (non-hydrogen) atoms. The maximum Gasteiger partial charge on any atom is 0.0655 e. The van der Waals surface area contributed by atoms with E-state index in [2.05, 4.69) is 17.5 Å². The van der Waals surface area contributed by atoms with E-state index in [9.17, 15) is 0 Å². The second-order valence-electron chi connectivity index (χ2n) is 4.96. The maximum absolute atomic E-state index is 8.85. The topological polar surface area (TPSA) is 27.0 Å². The van der Waals surface area contributed by atoms with Gasteiger partial charge in [-0.2, -0.15) is 5.26 Å². The van der Waals surface area contributed by atoms with Crippen LogP contribution in [0.25, 0.3) is 0 Å². The molecule has 2 heteroatoms. The zero-order valence-electron chi connectivity index (χ0n) is 9.41. The molecule has 82 valence electrons. The minimum atomic E-state index is 0.328. The van der Waals surface area contributed by atoms with E-state index in [1.807, 2.05) is 0 Å². The van der Waals surface area contributed by atoms with E-state index in [4.69, 9.17) is 5.26 Å². The Morgan fingerprint density at radius 2 is 2.00 bits per heavy atom. The molecule has 1 saturated heterocycles. The van der Waals surface area contributed by atoms with E-state index in [1.165, 1.54) is 37.8 Å². The van der Waals surface area contributed by atoms with Crippen LogP contribution in [0.5, 0.6) is 0 Å². The van der Waals surface area contributed by atoms with Gasteiger partial charge in [-0.15, -0.1) is 0 Å². The molecule has 1 aliphatic heterocycles. The van der Waals surface area contributed by atoms with E-state index in [0.29, 0.717) is 5.92 Å². The van der Waals surface area contributed by atoms with Crippen molar-refractivity contribution in [2.24, 2.45) is 5.92 Å². The van der Waals surface area contributed by atoms with Crippen LogP contribution in [0.15, 0.2) is 12.2 Å². The van der Waals surface area contributed by atoms with Crippen molar-refractivity contribution in [1.82, 2.24) is 4.90 Å². The Hall–Kier alpha value is -0.810. The lowest BCUT2D eigenvalue weighted by Crippen LogP contribution is -2.41. The normalized spacial score (nSPS) is 33.7. The predicted octanol–water partition coefficient (Wildman–Crippen LogP) is 2.72. The SMILES string of the molecule is C=C1CCCN(C2CCC(C#N)CC2)C1. The minimum Gasteiger partial charge on any atom is -0.296 e. The van der Waals surface area contributed by atoms with E-state index < -0.39 is 0 Å². The van der Waals surface area contributed by atoms with Gasteiger partial charge in [0.2, 0.25) is 0 Å². The number of piperidine rings is 1. The van der Waals surface area contributed by atoms with E-state index in [-0.39, 0.29) is 0 Å². The standard InChI is InChI=1S/C13H20N2/c1-11-3-2-8-15(10-11)13-6-4-12(9-14)5-7-13/h12-13H,1-8,10H2. The van der Waals surface area contributed by atoms with E-state index in [0.717, 1.165) is 25.4 Å². The molecule has 2 fully saturated rings. The van der Waals surface area contributed by atoms with Gasteiger partial charge in [-0.25, -0.2) is 0 Å². The fourth-order valence-electron chi connectivity index (χ4n) is 2.86. The highest BCUT2D eigenvalue weighted by molar-refractivity contribution is 5.02. The average Bonchev–Trinajstić information content (AvgIpc) is 2.29. The van der Waals surface area contributed by atoms with Crippen molar-refractivity contribution < 1.29 is 0 Å². The Balaban J connectivity index is 1.85. The summed E-state index contributed by atoms with van der Waals surface area (Å²) in [6.45, 7) is 6.43. The van der Waals surface area contributed by atoms with Gasteiger partial charge in [0.05, 0.1) is 6.07 Å². The zero-order valence-corrected chi connectivity index (χ0v) is 9.41. The van der Waals surface area contributed by atoms with Gasteiger partial charge in [0.25, 0.3) is 0 Å². The van der Waals surface area contributed by atoms with Crippen molar-refractivity contribution in [3.8, 4) is 6.07 Å². The number of likely N-dealkylation sites (tertiary alicyclic amines) is 1. The van der Waals surface area contributed by atoms with Crippen molar-refractivity contribution in [2.75, 3.05) is 13.1 Å². The smallest absolute Gasteiger partial charge is 0.0655 e. The first-order chi connectivity index (χ1) is 7.29. The van der Waals surface area contributed by atoms with Gasteiger partial charge in [-0.05, 0) is 45.1 Å². The van der Waals surface area contributed by atoms with Crippen LogP contribution in [0.4, 0.5) is 0 Å². The van der Waals surface area contributed by atoms with E-state index >= 15 is 0 Å². The fraction of sp³-hybridized carbons (Fsp3) is 0.769. The van der Waals surface area contributed by atoms with Crippen molar-refractivity contribution in [3.63, 3.8) is 0 Å². The molecule has 0 aromatic carbocycles. The summed E-state index contributed by atoms with van der Waals surface area (Å²) in [5, 5.41) is 8.85. The van der Waals surface area contributed by atoms with Crippen molar-refractivity contribution >= 4 is 0 Å². The molecule has 0 N–H and O–H groups in total. The molecule has 2 aliphatic rings. The lowest BCUT2D eigenvalue weighted by molar-refractivity contribution is 0.143. The summed E-state index contributed by atoms with van der Waals surface area (Å²) in [6.07, 6.45) is 7.12. The molecule has 1 heterocycles. The maximum atomic E-state index is 8.85. The summed E-state index contributed by atoms with van der Waals surface area (Å²) in [6, 6.07) is 3.13. The molecule has 0 aromatic rings. The number of hydrogen-bond acceptors (Lipinski definition) is 2. The summed E-state index contributed by atoms with van der Waals surface area (Å²) in [5.41, 5.74) is 1.39. The van der Waals surface area contributed by atoms with Crippen molar-refractivity contribution in [3.05, 3.63) is 12.2 Å². The number of hydrogen-bond donors (Lipinski definition) is 0. The van der Waals surface area contributed by atoms with Crippen molar-refractivity contribution in [1.29, 1.82) is 5.26 Å². The molecule has 1 saturated carbocycles. The van der Waals surface area contributed by atoms with Crippen LogP contribution >= 0.6 is 0 Å². The van der Waals surface area contributed by atoms with Gasteiger partial charge in [0, 0.05) is 18.5 Å². The largest absolute Gasteiger partial charge is 0.296 e. The molecule has 0 atom stereocenters. The number of nitrogens with zero attached hydrogens (tertiary/aromatic N) is 2. The van der Waals surface area contributed by atoms with Gasteiger partial charge >= 0.3 is 0 Å². The van der Waals surface area contributed by atoms with Crippen LogP contribution in [-0.4, -0.2) is 24.0 Å². The first-order valence-electron chi connectivity index (χ1n) is 6.10. The molecule has 2 nitrogen and oxygen atoms in total. The molecule has 0 unspecified atom stereocenters. The first-order valence-corrected chi connectivity index (χ1v) is 6.10. The second-order valence-corrected chi connectivity index (χ2v) is 4.96. The Morgan fingerprint density at radius 3 is 2.60 bits per heavy atom. The van der Waals surface area contributed by atoms with Gasteiger partial charge in [0.15, 0.2) is 0 Å². The summed E-state index contributed by atoms with van der Waals surface area (Å²) in [4.78, 5) is 2.58. The van der Waals surface area contributed by atoms with Gasteiger partial charge in [0.1, 0.15) is 0 Å². The summed E-state index contributed by atoms with van der Waals surface area (Å²) >= 11 is 0. The van der Waals surface area contributed by atoms with Crippen LogP contribution in [0.2, 0.25) is 0 Å². The molecule has 0 spiro atoms. The summed E-state index contributed by atoms with van der Waals surface area (Å²) in [7, 11) is 0. The fourth-order valence-corrected chi connectivity index (χ4v) is 2.86. The third-order valence-electron chi connectivity index (χ3n) is 3.80. The molecule has 0 radical (unpaired) electrons. The Labute approximate surface area is 92.6 Å². The quantitative estimate of drug-likeness (QED) is 0.614. The van der Waals surface area contributed by atoms with Crippen molar-refractivity contribution in [2.45, 2.75) is 44.6 Å². The Bertz CT molecular complexity index is 269. The van der Waals surface area contributed by atoms with E-state index in [1.54, 1.807) is 0 Å². The third-order valence-corrected chi connectivity index (χ3v) is 3.80. The lowest BCUT2D eigenvalue weighted by atomic mass is 9.85. The van der Waals surface area contributed by atoms with Crippen LogP contribution in [0.3, 0.4) is 0 Å². The molecule has 1 aliphatic carbocycles. The second kappa shape index (κ2) is 4.81. The first kappa shape index (κ1) is 10.7. The van der Waals surface area contributed by atoms with Crippen LogP contribution < -0.4 is 0 Å². The predicted molar refractivity (Wildman–Crippen MR) is 61.3 cm³/mol. The monoisotopic (exact) mass is 204 g/mol. The molecular weight excluding hydrogens is 184 g/mol. The van der Waals surface area contributed by atoms with Crippen LogP contribution in [0, 0.1) is 17.2 Å². The highest BCUT2D eigenvalue weighted by Crippen LogP contribution is 2.29. The highest BCUT2D eigenvalue weighted by atomic mass is 15.2. The summed E-state index contributed by atoms with van der Waals surface area (Å²) in [5.74, 6) is 0.328. The average molecular weight is 204 g/mol. The van der Waals surface area contributed by atoms with Gasteiger partial charge in [-0.1, -0.05) is 12.2 Å². The molecular formula is C13H20N2.